The second-order valence-corrected chi connectivity index (χ2v) is 5.00. The van der Waals surface area contributed by atoms with Gasteiger partial charge in [-0.25, -0.2) is 0 Å². The molecule has 0 nitrogen and oxygen atoms in total. The van der Waals surface area contributed by atoms with Gasteiger partial charge in [0.15, 0.2) is 0 Å². The molecule has 82 valence electrons. The van der Waals surface area contributed by atoms with Crippen molar-refractivity contribution in [3.05, 3.63) is 36.5 Å². The minimum atomic E-state index is 0.609. The molecule has 0 aliphatic heterocycles. The van der Waals surface area contributed by atoms with Crippen LogP contribution in [0.4, 0.5) is 0 Å². The zero-order valence-corrected chi connectivity index (χ0v) is 9.84. The molecule has 0 N–H and O–H groups in total. The monoisotopic (exact) mass is 202 g/mol. The van der Waals surface area contributed by atoms with Gasteiger partial charge in [0.05, 0.1) is 0 Å². The van der Waals surface area contributed by atoms with Crippen LogP contribution in [0.3, 0.4) is 0 Å². The van der Waals surface area contributed by atoms with Crippen molar-refractivity contribution in [2.75, 3.05) is 0 Å². The maximum Gasteiger partial charge on any atom is 0.00731 e. The summed E-state index contributed by atoms with van der Waals surface area (Å²) in [5.41, 5.74) is 2.89. The molecule has 1 unspecified atom stereocenters. The molecule has 0 radical (unpaired) electrons. The molecule has 0 aromatic carbocycles. The van der Waals surface area contributed by atoms with Gasteiger partial charge in [-0.1, -0.05) is 49.8 Å². The number of unbranched alkanes of at least 4 members (excludes halogenated alkanes) is 1. The summed E-state index contributed by atoms with van der Waals surface area (Å²) in [5.74, 6) is 2.13. The molecule has 1 fully saturated rings. The van der Waals surface area contributed by atoms with E-state index < -0.39 is 0 Å². The molecule has 0 amide bonds. The van der Waals surface area contributed by atoms with E-state index >= 15 is 0 Å². The fourth-order valence-corrected chi connectivity index (χ4v) is 3.08. The van der Waals surface area contributed by atoms with Crippen LogP contribution in [0.2, 0.25) is 0 Å². The molecule has 0 heterocycles. The summed E-state index contributed by atoms with van der Waals surface area (Å²) in [6.45, 7) is 10.8. The van der Waals surface area contributed by atoms with Crippen molar-refractivity contribution >= 4 is 0 Å². The SMILES string of the molecule is C=C(CCCC)C1C(=C)[C@H]2CCC=C[C@@H]12. The first kappa shape index (κ1) is 10.7. The van der Waals surface area contributed by atoms with E-state index in [-0.39, 0.29) is 0 Å². The van der Waals surface area contributed by atoms with Crippen LogP contribution in [0, 0.1) is 17.8 Å². The summed E-state index contributed by atoms with van der Waals surface area (Å²) >= 11 is 0. The lowest BCUT2D eigenvalue weighted by Gasteiger charge is -2.49. The van der Waals surface area contributed by atoms with Gasteiger partial charge in [0.25, 0.3) is 0 Å². The van der Waals surface area contributed by atoms with Crippen molar-refractivity contribution in [3.8, 4) is 0 Å². The molecule has 2 rings (SSSR count). The smallest absolute Gasteiger partial charge is 0.00731 e. The second-order valence-electron chi connectivity index (χ2n) is 5.00. The third kappa shape index (κ3) is 1.82. The number of allylic oxidation sites excluding steroid dienone is 4. The van der Waals surface area contributed by atoms with Crippen LogP contribution in [-0.4, -0.2) is 0 Å². The Bertz CT molecular complexity index is 295. The first-order valence-electron chi connectivity index (χ1n) is 6.28. The van der Waals surface area contributed by atoms with E-state index in [0.29, 0.717) is 5.92 Å². The highest BCUT2D eigenvalue weighted by Crippen LogP contribution is 2.53. The van der Waals surface area contributed by atoms with Crippen LogP contribution in [0.15, 0.2) is 36.5 Å². The minimum absolute atomic E-state index is 0.609. The first-order valence-corrected chi connectivity index (χ1v) is 6.28. The van der Waals surface area contributed by atoms with E-state index in [4.69, 9.17) is 0 Å². The molecule has 3 atom stereocenters. The zero-order chi connectivity index (χ0) is 10.8. The molecule has 0 aromatic heterocycles. The Kier molecular flexibility index (Phi) is 3.14. The predicted octanol–water partition coefficient (Wildman–Crippen LogP) is 4.50. The van der Waals surface area contributed by atoms with E-state index in [0.717, 1.165) is 11.8 Å². The lowest BCUT2D eigenvalue weighted by molar-refractivity contribution is 0.228. The highest BCUT2D eigenvalue weighted by Gasteiger charge is 2.44. The van der Waals surface area contributed by atoms with E-state index in [9.17, 15) is 0 Å². The lowest BCUT2D eigenvalue weighted by atomic mass is 9.55. The minimum Gasteiger partial charge on any atom is -0.0992 e. The summed E-state index contributed by atoms with van der Waals surface area (Å²) in [7, 11) is 0. The summed E-state index contributed by atoms with van der Waals surface area (Å²) in [6, 6.07) is 0. The molecular weight excluding hydrogens is 180 g/mol. The number of rotatable bonds is 4. The molecule has 15 heavy (non-hydrogen) atoms. The molecular formula is C15H22. The van der Waals surface area contributed by atoms with Gasteiger partial charge in [0, 0.05) is 5.92 Å². The topological polar surface area (TPSA) is 0 Å². The Balaban J connectivity index is 1.98. The van der Waals surface area contributed by atoms with Crippen LogP contribution < -0.4 is 0 Å². The lowest BCUT2D eigenvalue weighted by Crippen LogP contribution is -2.40. The third-order valence-corrected chi connectivity index (χ3v) is 4.02. The van der Waals surface area contributed by atoms with Crippen molar-refractivity contribution in [3.63, 3.8) is 0 Å². The molecule has 0 spiro atoms. The number of hydrogen-bond donors (Lipinski definition) is 0. The molecule has 0 saturated heterocycles. The Morgan fingerprint density at radius 1 is 1.53 bits per heavy atom. The van der Waals surface area contributed by atoms with E-state index in [1.54, 1.807) is 0 Å². The van der Waals surface area contributed by atoms with Crippen molar-refractivity contribution in [1.82, 2.24) is 0 Å². The average molecular weight is 202 g/mol. The number of hydrogen-bond acceptors (Lipinski definition) is 0. The fourth-order valence-electron chi connectivity index (χ4n) is 3.08. The Labute approximate surface area is 93.8 Å². The number of fused-ring (bicyclic) bond motifs is 1. The average Bonchev–Trinajstić information content (AvgIpc) is 2.26. The first-order chi connectivity index (χ1) is 7.25. The van der Waals surface area contributed by atoms with E-state index in [1.807, 2.05) is 0 Å². The van der Waals surface area contributed by atoms with Gasteiger partial charge in [0.1, 0.15) is 0 Å². The van der Waals surface area contributed by atoms with Crippen molar-refractivity contribution in [2.24, 2.45) is 17.8 Å². The normalized spacial score (nSPS) is 33.4. The molecule has 1 saturated carbocycles. The standard InChI is InChI=1S/C15H22/c1-4-5-8-11(2)15-12(3)13-9-6-7-10-14(13)15/h7,10,13-15H,2-6,8-9H2,1H3/t13-,14-,15?/m1/s1. The Hall–Kier alpha value is -0.780. The molecule has 0 bridgehead atoms. The van der Waals surface area contributed by atoms with Crippen LogP contribution in [0.1, 0.15) is 39.0 Å². The van der Waals surface area contributed by atoms with Gasteiger partial charge in [-0.2, -0.15) is 0 Å². The zero-order valence-electron chi connectivity index (χ0n) is 9.84. The largest absolute Gasteiger partial charge is 0.0992 e. The van der Waals surface area contributed by atoms with Crippen LogP contribution >= 0.6 is 0 Å². The van der Waals surface area contributed by atoms with Crippen molar-refractivity contribution in [2.45, 2.75) is 39.0 Å². The van der Waals surface area contributed by atoms with Gasteiger partial charge in [-0.15, -0.1) is 0 Å². The molecule has 2 aliphatic carbocycles. The maximum atomic E-state index is 4.26. The van der Waals surface area contributed by atoms with Crippen molar-refractivity contribution < 1.29 is 0 Å². The fraction of sp³-hybridized carbons (Fsp3) is 0.600. The molecule has 2 aliphatic rings. The Morgan fingerprint density at radius 3 is 3.07 bits per heavy atom. The summed E-state index contributed by atoms with van der Waals surface area (Å²) in [6.07, 6.45) is 11.0. The second kappa shape index (κ2) is 4.38. The van der Waals surface area contributed by atoms with Crippen LogP contribution in [-0.2, 0) is 0 Å². The van der Waals surface area contributed by atoms with Gasteiger partial charge in [-0.05, 0) is 37.5 Å². The third-order valence-electron chi connectivity index (χ3n) is 4.02. The highest BCUT2D eigenvalue weighted by atomic mass is 14.5. The predicted molar refractivity (Wildman–Crippen MR) is 66.6 cm³/mol. The summed E-state index contributed by atoms with van der Waals surface area (Å²) in [4.78, 5) is 0. The van der Waals surface area contributed by atoms with E-state index in [2.05, 4.69) is 32.2 Å². The van der Waals surface area contributed by atoms with Crippen LogP contribution in [0.25, 0.3) is 0 Å². The van der Waals surface area contributed by atoms with Gasteiger partial charge in [-0.3, -0.25) is 0 Å². The maximum absolute atomic E-state index is 4.26. The Morgan fingerprint density at radius 2 is 2.33 bits per heavy atom. The van der Waals surface area contributed by atoms with Gasteiger partial charge >= 0.3 is 0 Å². The van der Waals surface area contributed by atoms with Gasteiger partial charge in [0.2, 0.25) is 0 Å². The van der Waals surface area contributed by atoms with Crippen LogP contribution in [0.5, 0.6) is 0 Å². The van der Waals surface area contributed by atoms with E-state index in [1.165, 1.54) is 43.3 Å². The molecule has 0 aromatic rings. The molecule has 0 heteroatoms. The highest BCUT2D eigenvalue weighted by molar-refractivity contribution is 5.34. The van der Waals surface area contributed by atoms with Gasteiger partial charge < -0.3 is 0 Å². The quantitative estimate of drug-likeness (QED) is 0.589. The summed E-state index contributed by atoms with van der Waals surface area (Å²) in [5, 5.41) is 0. The van der Waals surface area contributed by atoms with Crippen molar-refractivity contribution in [1.29, 1.82) is 0 Å². The summed E-state index contributed by atoms with van der Waals surface area (Å²) < 4.78 is 0.